The standard InChI is InChI=1S/C12H18N6O2/c1-2-20-12(19)11(15-5-6-16-17-13)10-7-14-8-18(10)9-3-4-9/h7-9,11,15H,2-6H2,1H3. The van der Waals surface area contributed by atoms with Crippen LogP contribution in [0.15, 0.2) is 17.6 Å². The highest BCUT2D eigenvalue weighted by atomic mass is 16.5. The van der Waals surface area contributed by atoms with Gasteiger partial charge in [0.15, 0.2) is 0 Å². The lowest BCUT2D eigenvalue weighted by Gasteiger charge is -2.18. The van der Waals surface area contributed by atoms with Crippen molar-refractivity contribution in [3.63, 3.8) is 0 Å². The normalized spacial score (nSPS) is 15.4. The SMILES string of the molecule is CCOC(=O)C(NCCN=[N+]=[N-])c1cncn1C1CC1. The van der Waals surface area contributed by atoms with Gasteiger partial charge in [-0.1, -0.05) is 5.11 Å². The minimum Gasteiger partial charge on any atom is -0.465 e. The highest BCUT2D eigenvalue weighted by Crippen LogP contribution is 2.37. The average molecular weight is 278 g/mol. The van der Waals surface area contributed by atoms with Gasteiger partial charge in [0.2, 0.25) is 0 Å². The molecule has 108 valence electrons. The maximum Gasteiger partial charge on any atom is 0.329 e. The first-order valence-electron chi connectivity index (χ1n) is 6.70. The van der Waals surface area contributed by atoms with Crippen molar-refractivity contribution in [1.29, 1.82) is 0 Å². The van der Waals surface area contributed by atoms with Gasteiger partial charge in [0.25, 0.3) is 0 Å². The van der Waals surface area contributed by atoms with Crippen molar-refractivity contribution in [2.45, 2.75) is 31.8 Å². The predicted octanol–water partition coefficient (Wildman–Crippen LogP) is 1.72. The molecule has 1 heterocycles. The van der Waals surface area contributed by atoms with Crippen molar-refractivity contribution in [2.75, 3.05) is 19.7 Å². The van der Waals surface area contributed by atoms with Crippen molar-refractivity contribution in [2.24, 2.45) is 5.11 Å². The van der Waals surface area contributed by atoms with E-state index in [2.05, 4.69) is 20.3 Å². The molecule has 1 aromatic heterocycles. The van der Waals surface area contributed by atoms with Gasteiger partial charge in [0, 0.05) is 24.0 Å². The zero-order valence-corrected chi connectivity index (χ0v) is 11.4. The molecule has 1 aromatic rings. The number of esters is 1. The average Bonchev–Trinajstić information content (AvgIpc) is 3.18. The molecule has 1 saturated carbocycles. The number of nitrogens with one attached hydrogen (secondary N) is 1. The van der Waals surface area contributed by atoms with E-state index in [1.54, 1.807) is 19.4 Å². The minimum absolute atomic E-state index is 0.282. The molecular formula is C12H18N6O2. The first kappa shape index (κ1) is 14.4. The minimum atomic E-state index is -0.577. The van der Waals surface area contributed by atoms with Gasteiger partial charge in [0.1, 0.15) is 6.04 Å². The molecule has 1 aliphatic carbocycles. The molecular weight excluding hydrogens is 260 g/mol. The van der Waals surface area contributed by atoms with Gasteiger partial charge in [-0.25, -0.2) is 9.78 Å². The number of rotatable bonds is 8. The molecule has 1 atom stereocenters. The van der Waals surface area contributed by atoms with Crippen LogP contribution in [-0.2, 0) is 9.53 Å². The Morgan fingerprint density at radius 1 is 1.75 bits per heavy atom. The summed E-state index contributed by atoms with van der Waals surface area (Å²) >= 11 is 0. The summed E-state index contributed by atoms with van der Waals surface area (Å²) < 4.78 is 7.11. The summed E-state index contributed by atoms with van der Waals surface area (Å²) in [4.78, 5) is 18.9. The molecule has 20 heavy (non-hydrogen) atoms. The van der Waals surface area contributed by atoms with E-state index < -0.39 is 6.04 Å². The van der Waals surface area contributed by atoms with E-state index in [-0.39, 0.29) is 12.5 Å². The van der Waals surface area contributed by atoms with Gasteiger partial charge in [-0.05, 0) is 25.3 Å². The molecule has 8 heteroatoms. The maximum absolute atomic E-state index is 12.1. The second-order valence-electron chi connectivity index (χ2n) is 4.55. The lowest BCUT2D eigenvalue weighted by atomic mass is 10.2. The predicted molar refractivity (Wildman–Crippen MR) is 71.9 cm³/mol. The molecule has 1 fully saturated rings. The molecule has 0 aliphatic heterocycles. The Kier molecular flexibility index (Phi) is 4.97. The van der Waals surface area contributed by atoms with Gasteiger partial charge in [-0.3, -0.25) is 5.32 Å². The number of ether oxygens (including phenoxy) is 1. The van der Waals surface area contributed by atoms with Crippen LogP contribution in [0, 0.1) is 0 Å². The van der Waals surface area contributed by atoms with Crippen LogP contribution in [0.5, 0.6) is 0 Å². The fourth-order valence-corrected chi connectivity index (χ4v) is 2.03. The number of azide groups is 1. The quantitative estimate of drug-likeness (QED) is 0.257. The zero-order chi connectivity index (χ0) is 14.4. The molecule has 1 aliphatic rings. The molecule has 0 saturated heterocycles. The van der Waals surface area contributed by atoms with Crippen molar-refractivity contribution < 1.29 is 9.53 Å². The molecule has 0 spiro atoms. The third-order valence-electron chi connectivity index (χ3n) is 3.08. The molecule has 0 amide bonds. The first-order chi connectivity index (χ1) is 9.77. The number of carbonyl (C=O) groups excluding carboxylic acids is 1. The summed E-state index contributed by atoms with van der Waals surface area (Å²) in [7, 11) is 0. The zero-order valence-electron chi connectivity index (χ0n) is 11.4. The fraction of sp³-hybridized carbons (Fsp3) is 0.667. The number of carbonyl (C=O) groups is 1. The van der Waals surface area contributed by atoms with Crippen molar-refractivity contribution in [1.82, 2.24) is 14.9 Å². The summed E-state index contributed by atoms with van der Waals surface area (Å²) in [6.07, 6.45) is 5.64. The Morgan fingerprint density at radius 2 is 2.55 bits per heavy atom. The third-order valence-corrected chi connectivity index (χ3v) is 3.08. The third kappa shape index (κ3) is 3.49. The van der Waals surface area contributed by atoms with Crippen LogP contribution in [0.2, 0.25) is 0 Å². The van der Waals surface area contributed by atoms with Gasteiger partial charge in [-0.2, -0.15) is 0 Å². The highest BCUT2D eigenvalue weighted by molar-refractivity contribution is 5.77. The summed E-state index contributed by atoms with van der Waals surface area (Å²) in [5.41, 5.74) is 9.06. The van der Waals surface area contributed by atoms with E-state index >= 15 is 0 Å². The number of hydrogen-bond acceptors (Lipinski definition) is 5. The summed E-state index contributed by atoms with van der Waals surface area (Å²) in [5, 5.41) is 6.51. The fourth-order valence-electron chi connectivity index (χ4n) is 2.03. The van der Waals surface area contributed by atoms with E-state index in [9.17, 15) is 4.79 Å². The Balaban J connectivity index is 2.09. The van der Waals surface area contributed by atoms with Crippen LogP contribution in [0.4, 0.5) is 0 Å². The maximum atomic E-state index is 12.1. The second-order valence-corrected chi connectivity index (χ2v) is 4.55. The molecule has 8 nitrogen and oxygen atoms in total. The van der Waals surface area contributed by atoms with Gasteiger partial charge in [-0.15, -0.1) is 0 Å². The van der Waals surface area contributed by atoms with E-state index in [0.717, 1.165) is 18.5 Å². The Bertz CT molecular complexity index is 504. The van der Waals surface area contributed by atoms with E-state index in [1.165, 1.54) is 0 Å². The highest BCUT2D eigenvalue weighted by Gasteiger charge is 2.31. The van der Waals surface area contributed by atoms with E-state index in [1.807, 2.05) is 4.57 Å². The van der Waals surface area contributed by atoms with Crippen molar-refractivity contribution in [3.05, 3.63) is 28.7 Å². The van der Waals surface area contributed by atoms with Crippen molar-refractivity contribution in [3.8, 4) is 0 Å². The van der Waals surface area contributed by atoms with Crippen molar-refractivity contribution >= 4 is 5.97 Å². The topological polar surface area (TPSA) is 105 Å². The Morgan fingerprint density at radius 3 is 3.20 bits per heavy atom. The molecule has 0 aromatic carbocycles. The first-order valence-corrected chi connectivity index (χ1v) is 6.70. The number of nitrogens with zero attached hydrogens (tertiary/aromatic N) is 5. The summed E-state index contributed by atoms with van der Waals surface area (Å²) in [6.45, 7) is 2.78. The molecule has 0 radical (unpaired) electrons. The van der Waals surface area contributed by atoms with Gasteiger partial charge >= 0.3 is 5.97 Å². The molecule has 2 rings (SSSR count). The summed E-state index contributed by atoms with van der Waals surface area (Å²) in [5.74, 6) is -0.337. The second kappa shape index (κ2) is 6.93. The molecule has 1 N–H and O–H groups in total. The van der Waals surface area contributed by atoms with Crippen LogP contribution in [0.3, 0.4) is 0 Å². The van der Waals surface area contributed by atoms with Gasteiger partial charge < -0.3 is 9.30 Å². The number of hydrogen-bond donors (Lipinski definition) is 1. The lowest BCUT2D eigenvalue weighted by Crippen LogP contribution is -2.33. The Hall–Kier alpha value is -2.05. The monoisotopic (exact) mass is 278 g/mol. The van der Waals surface area contributed by atoms with Crippen LogP contribution in [0.1, 0.15) is 37.5 Å². The molecule has 1 unspecified atom stereocenters. The summed E-state index contributed by atoms with van der Waals surface area (Å²) in [6, 6.07) is -0.143. The number of aromatic nitrogens is 2. The number of imidazole rings is 1. The largest absolute Gasteiger partial charge is 0.465 e. The van der Waals surface area contributed by atoms with Crippen LogP contribution in [0.25, 0.3) is 10.4 Å². The van der Waals surface area contributed by atoms with Crippen LogP contribution in [-0.4, -0.2) is 35.2 Å². The van der Waals surface area contributed by atoms with E-state index in [0.29, 0.717) is 19.2 Å². The smallest absolute Gasteiger partial charge is 0.329 e. The lowest BCUT2D eigenvalue weighted by molar-refractivity contribution is -0.146. The van der Waals surface area contributed by atoms with Crippen LogP contribution < -0.4 is 5.32 Å². The Labute approximate surface area is 116 Å². The van der Waals surface area contributed by atoms with Crippen LogP contribution >= 0.6 is 0 Å². The molecule has 0 bridgehead atoms. The van der Waals surface area contributed by atoms with Gasteiger partial charge in [0.05, 0.1) is 24.8 Å². The van der Waals surface area contributed by atoms with E-state index in [4.69, 9.17) is 10.3 Å².